The van der Waals surface area contributed by atoms with Crippen molar-refractivity contribution in [2.24, 2.45) is 7.05 Å². The number of aromatic nitrogens is 3. The van der Waals surface area contributed by atoms with Gasteiger partial charge in [0.2, 0.25) is 0 Å². The third-order valence-electron chi connectivity index (χ3n) is 5.17. The summed E-state index contributed by atoms with van der Waals surface area (Å²) < 4.78 is 35.0. The molecule has 4 heterocycles. The fourth-order valence-corrected chi connectivity index (χ4v) is 5.19. The quantitative estimate of drug-likeness (QED) is 0.519. The lowest BCUT2D eigenvalue weighted by atomic mass is 9.95. The Morgan fingerprint density at radius 1 is 1.10 bits per heavy atom. The van der Waals surface area contributed by atoms with E-state index in [4.69, 9.17) is 4.42 Å². The minimum absolute atomic E-state index is 0.156. The lowest BCUT2D eigenvalue weighted by Gasteiger charge is -2.19. The van der Waals surface area contributed by atoms with Crippen LogP contribution < -0.4 is 4.31 Å². The molecular formula is C21H18N4O3S. The Bertz CT molecular complexity index is 1260. The predicted octanol–water partition coefficient (Wildman–Crippen LogP) is 3.42. The smallest absolute Gasteiger partial charge is 0.265 e. The van der Waals surface area contributed by atoms with Crippen LogP contribution in [0, 0.1) is 0 Å². The first-order valence-electron chi connectivity index (χ1n) is 9.13. The number of aryl methyl sites for hydroxylation is 1. The first-order chi connectivity index (χ1) is 14.0. The van der Waals surface area contributed by atoms with Crippen molar-refractivity contribution in [3.05, 3.63) is 84.7 Å². The number of fused-ring (bicyclic) bond motifs is 1. The van der Waals surface area contributed by atoms with Gasteiger partial charge in [-0.25, -0.2) is 17.7 Å². The van der Waals surface area contributed by atoms with Crippen LogP contribution in [0.2, 0.25) is 0 Å². The largest absolute Gasteiger partial charge is 0.472 e. The molecule has 7 nitrogen and oxygen atoms in total. The second-order valence-electron chi connectivity index (χ2n) is 7.00. The van der Waals surface area contributed by atoms with Gasteiger partial charge >= 0.3 is 0 Å². The number of benzene rings is 1. The van der Waals surface area contributed by atoms with Crippen LogP contribution in [-0.4, -0.2) is 29.7 Å². The van der Waals surface area contributed by atoms with Crippen LogP contribution in [0.1, 0.15) is 17.0 Å². The molecule has 0 radical (unpaired) electrons. The molecule has 0 aliphatic carbocycles. The van der Waals surface area contributed by atoms with Crippen LogP contribution in [-0.2, 0) is 17.1 Å². The van der Waals surface area contributed by atoms with E-state index in [2.05, 4.69) is 10.1 Å². The van der Waals surface area contributed by atoms with Gasteiger partial charge in [0.05, 0.1) is 23.6 Å². The molecular weight excluding hydrogens is 388 g/mol. The van der Waals surface area contributed by atoms with Gasteiger partial charge in [-0.1, -0.05) is 18.2 Å². The Morgan fingerprint density at radius 3 is 2.62 bits per heavy atom. The number of rotatable bonds is 4. The Morgan fingerprint density at radius 2 is 1.93 bits per heavy atom. The zero-order chi connectivity index (χ0) is 20.0. The number of nitrogens with zero attached hydrogens (tertiary/aromatic N) is 4. The molecule has 0 saturated heterocycles. The van der Waals surface area contributed by atoms with E-state index in [1.807, 2.05) is 25.4 Å². The van der Waals surface area contributed by atoms with E-state index in [9.17, 15) is 8.42 Å². The lowest BCUT2D eigenvalue weighted by molar-refractivity contribution is 0.568. The van der Waals surface area contributed by atoms with Gasteiger partial charge in [-0.2, -0.15) is 5.10 Å². The van der Waals surface area contributed by atoms with Crippen molar-refractivity contribution in [2.45, 2.75) is 10.8 Å². The summed E-state index contributed by atoms with van der Waals surface area (Å²) in [5.41, 5.74) is 3.59. The maximum atomic E-state index is 13.3. The van der Waals surface area contributed by atoms with Gasteiger partial charge in [0.15, 0.2) is 0 Å². The van der Waals surface area contributed by atoms with E-state index in [0.717, 1.165) is 22.3 Å². The standard InChI is InChI=1S/C21H18N4O3S/c1-24-12-17(11-23-24)20-13-25(29(26,27)18-5-3-2-4-6-18)21-19(20)9-16(10-22-21)15-7-8-28-14-15/h2-12,14,20H,13H2,1H3. The Kier molecular flexibility index (Phi) is 4.02. The van der Waals surface area contributed by atoms with E-state index in [1.165, 1.54) is 4.31 Å². The molecule has 0 amide bonds. The Labute approximate surface area is 168 Å². The highest BCUT2D eigenvalue weighted by Crippen LogP contribution is 2.42. The molecule has 1 aliphatic rings. The molecule has 0 N–H and O–H groups in total. The highest BCUT2D eigenvalue weighted by molar-refractivity contribution is 7.92. The van der Waals surface area contributed by atoms with Crippen LogP contribution in [0.5, 0.6) is 0 Å². The summed E-state index contributed by atoms with van der Waals surface area (Å²) in [5, 5.41) is 4.27. The third-order valence-corrected chi connectivity index (χ3v) is 6.94. The van der Waals surface area contributed by atoms with Gasteiger partial charge in [0.25, 0.3) is 10.0 Å². The van der Waals surface area contributed by atoms with Gasteiger partial charge in [-0.3, -0.25) is 4.68 Å². The van der Waals surface area contributed by atoms with Crippen molar-refractivity contribution < 1.29 is 12.8 Å². The molecule has 5 rings (SSSR count). The van der Waals surface area contributed by atoms with Gasteiger partial charge in [-0.15, -0.1) is 0 Å². The second-order valence-corrected chi connectivity index (χ2v) is 8.86. The number of furan rings is 1. The summed E-state index contributed by atoms with van der Waals surface area (Å²) in [5.74, 6) is 0.298. The summed E-state index contributed by atoms with van der Waals surface area (Å²) >= 11 is 0. The molecule has 1 unspecified atom stereocenters. The maximum Gasteiger partial charge on any atom is 0.265 e. The molecule has 1 atom stereocenters. The molecule has 29 heavy (non-hydrogen) atoms. The van der Waals surface area contributed by atoms with Crippen molar-refractivity contribution in [3.63, 3.8) is 0 Å². The highest BCUT2D eigenvalue weighted by atomic mass is 32.2. The summed E-state index contributed by atoms with van der Waals surface area (Å²) in [6, 6.07) is 12.3. The van der Waals surface area contributed by atoms with E-state index in [-0.39, 0.29) is 17.4 Å². The number of pyridine rings is 1. The van der Waals surface area contributed by atoms with Crippen molar-refractivity contribution in [1.29, 1.82) is 0 Å². The molecule has 0 fully saturated rings. The van der Waals surface area contributed by atoms with E-state index < -0.39 is 10.0 Å². The van der Waals surface area contributed by atoms with Gasteiger partial charge < -0.3 is 4.42 Å². The van der Waals surface area contributed by atoms with Gasteiger partial charge in [0.1, 0.15) is 5.82 Å². The van der Waals surface area contributed by atoms with Crippen molar-refractivity contribution in [3.8, 4) is 11.1 Å². The number of hydrogen-bond donors (Lipinski definition) is 0. The lowest BCUT2D eigenvalue weighted by Crippen LogP contribution is -2.30. The van der Waals surface area contributed by atoms with Crippen molar-refractivity contribution in [1.82, 2.24) is 14.8 Å². The molecule has 3 aromatic heterocycles. The summed E-state index contributed by atoms with van der Waals surface area (Å²) in [7, 11) is -1.88. The zero-order valence-corrected chi connectivity index (χ0v) is 16.5. The average Bonchev–Trinajstić information content (AvgIpc) is 3.47. The van der Waals surface area contributed by atoms with Crippen LogP contribution in [0.4, 0.5) is 5.82 Å². The summed E-state index contributed by atoms with van der Waals surface area (Å²) in [6.07, 6.45) is 8.63. The highest BCUT2D eigenvalue weighted by Gasteiger charge is 2.39. The molecule has 1 aromatic carbocycles. The van der Waals surface area contributed by atoms with E-state index in [0.29, 0.717) is 5.82 Å². The second kappa shape index (κ2) is 6.59. The van der Waals surface area contributed by atoms with Crippen LogP contribution in [0.15, 0.2) is 82.9 Å². The molecule has 0 saturated carbocycles. The minimum Gasteiger partial charge on any atom is -0.472 e. The third kappa shape index (κ3) is 2.92. The van der Waals surface area contributed by atoms with Crippen molar-refractivity contribution >= 4 is 15.8 Å². The zero-order valence-electron chi connectivity index (χ0n) is 15.6. The summed E-state index contributed by atoms with van der Waals surface area (Å²) in [6.45, 7) is 0.278. The van der Waals surface area contributed by atoms with Gasteiger partial charge in [0, 0.05) is 48.6 Å². The topological polar surface area (TPSA) is 81.2 Å². The minimum atomic E-state index is -3.73. The van der Waals surface area contributed by atoms with Gasteiger partial charge in [-0.05, 0) is 29.8 Å². The predicted molar refractivity (Wildman–Crippen MR) is 108 cm³/mol. The van der Waals surface area contributed by atoms with Crippen LogP contribution in [0.3, 0.4) is 0 Å². The molecule has 0 bridgehead atoms. The fraction of sp³-hybridized carbons (Fsp3) is 0.143. The fourth-order valence-electron chi connectivity index (χ4n) is 3.71. The van der Waals surface area contributed by atoms with E-state index >= 15 is 0 Å². The Hall–Kier alpha value is -3.39. The molecule has 8 heteroatoms. The maximum absolute atomic E-state index is 13.3. The summed E-state index contributed by atoms with van der Waals surface area (Å²) in [4.78, 5) is 4.80. The normalized spacial score (nSPS) is 16.2. The first-order valence-corrected chi connectivity index (χ1v) is 10.6. The molecule has 4 aromatic rings. The van der Waals surface area contributed by atoms with Crippen LogP contribution >= 0.6 is 0 Å². The van der Waals surface area contributed by atoms with Crippen LogP contribution in [0.25, 0.3) is 11.1 Å². The number of anilines is 1. The number of sulfonamides is 1. The SMILES string of the molecule is Cn1cc(C2CN(S(=O)(=O)c3ccccc3)c3ncc(-c4ccoc4)cc32)cn1. The monoisotopic (exact) mass is 406 g/mol. The first kappa shape index (κ1) is 17.7. The molecule has 0 spiro atoms. The molecule has 146 valence electrons. The molecule has 1 aliphatic heterocycles. The van der Waals surface area contributed by atoms with E-state index in [1.54, 1.807) is 59.9 Å². The average molecular weight is 406 g/mol. The Balaban J connectivity index is 1.65. The number of hydrogen-bond acceptors (Lipinski definition) is 5. The van der Waals surface area contributed by atoms with Crippen molar-refractivity contribution in [2.75, 3.05) is 10.8 Å².